The fourth-order valence-corrected chi connectivity index (χ4v) is 1.48. The summed E-state index contributed by atoms with van der Waals surface area (Å²) in [5.41, 5.74) is 6.03. The van der Waals surface area contributed by atoms with Gasteiger partial charge in [-0.15, -0.1) is 0 Å². The average molecular weight is 291 g/mol. The van der Waals surface area contributed by atoms with E-state index in [0.717, 1.165) is 0 Å². The van der Waals surface area contributed by atoms with Gasteiger partial charge in [0.2, 0.25) is 5.88 Å². The molecule has 0 radical (unpaired) electrons. The number of nitrogens with two attached hydrogens (primary N) is 1. The fraction of sp³-hybridized carbons (Fsp3) is 0. The molecule has 1 aromatic heterocycles. The van der Waals surface area contributed by atoms with Crippen LogP contribution < -0.4 is 10.5 Å². The van der Waals surface area contributed by atoms with E-state index >= 15 is 0 Å². The van der Waals surface area contributed by atoms with Crippen molar-refractivity contribution in [2.45, 2.75) is 0 Å². The molecular weight excluding hydrogens is 284 g/mol. The van der Waals surface area contributed by atoms with Gasteiger partial charge >= 0.3 is 0 Å². The van der Waals surface area contributed by atoms with Crippen molar-refractivity contribution in [2.75, 3.05) is 5.73 Å². The quantitative estimate of drug-likeness (QED) is 0.918. The number of anilines is 1. The van der Waals surface area contributed by atoms with Crippen LogP contribution in [0, 0.1) is 11.3 Å². The Hall–Kier alpha value is -2.13. The summed E-state index contributed by atoms with van der Waals surface area (Å²) < 4.78 is 5.98. The molecule has 0 aliphatic carbocycles. The molecule has 1 heterocycles. The molecule has 0 saturated carbocycles. The molecule has 84 valence electrons. The molecular formula is C11H7BrN4O. The molecule has 0 amide bonds. The standard InChI is InChI=1S/C11H7BrN4O/c12-9-10(14)15-6-16-11(9)17-8-4-2-1-3-7(8)5-13/h1-4,6H,(H2,14,15,16). The van der Waals surface area contributed by atoms with E-state index in [1.54, 1.807) is 24.3 Å². The Balaban J connectivity index is 2.39. The number of para-hydroxylation sites is 1. The summed E-state index contributed by atoms with van der Waals surface area (Å²) in [7, 11) is 0. The molecule has 2 N–H and O–H groups in total. The molecule has 0 atom stereocenters. The Morgan fingerprint density at radius 3 is 2.82 bits per heavy atom. The minimum Gasteiger partial charge on any atom is -0.436 e. The van der Waals surface area contributed by atoms with Crippen LogP contribution >= 0.6 is 15.9 Å². The lowest BCUT2D eigenvalue weighted by Gasteiger charge is -2.08. The average Bonchev–Trinajstić information content (AvgIpc) is 2.35. The molecule has 2 rings (SSSR count). The van der Waals surface area contributed by atoms with E-state index in [0.29, 0.717) is 15.8 Å². The number of halogens is 1. The number of nitriles is 1. The first kappa shape index (κ1) is 11.4. The van der Waals surface area contributed by atoms with Crippen LogP contribution in [-0.2, 0) is 0 Å². The van der Waals surface area contributed by atoms with E-state index in [1.807, 2.05) is 6.07 Å². The van der Waals surface area contributed by atoms with E-state index in [4.69, 9.17) is 15.7 Å². The van der Waals surface area contributed by atoms with Crippen LogP contribution in [0.25, 0.3) is 0 Å². The molecule has 0 bridgehead atoms. The first-order chi connectivity index (χ1) is 8.22. The van der Waals surface area contributed by atoms with Gasteiger partial charge in [0.15, 0.2) is 0 Å². The van der Waals surface area contributed by atoms with Crippen LogP contribution in [0.4, 0.5) is 5.82 Å². The number of benzene rings is 1. The van der Waals surface area contributed by atoms with Crippen LogP contribution in [-0.4, -0.2) is 9.97 Å². The monoisotopic (exact) mass is 290 g/mol. The Morgan fingerprint density at radius 1 is 1.29 bits per heavy atom. The molecule has 0 spiro atoms. The first-order valence-electron chi connectivity index (χ1n) is 4.65. The highest BCUT2D eigenvalue weighted by Crippen LogP contribution is 2.31. The lowest BCUT2D eigenvalue weighted by Crippen LogP contribution is -1.97. The molecule has 5 nitrogen and oxygen atoms in total. The van der Waals surface area contributed by atoms with Crippen LogP contribution in [0.5, 0.6) is 11.6 Å². The van der Waals surface area contributed by atoms with Gasteiger partial charge in [-0.2, -0.15) is 5.26 Å². The van der Waals surface area contributed by atoms with E-state index in [9.17, 15) is 0 Å². The summed E-state index contributed by atoms with van der Waals surface area (Å²) in [5.74, 6) is 0.985. The van der Waals surface area contributed by atoms with Crippen molar-refractivity contribution in [3.05, 3.63) is 40.6 Å². The Labute approximate surface area is 106 Å². The Kier molecular flexibility index (Phi) is 3.21. The minimum absolute atomic E-state index is 0.278. The molecule has 0 fully saturated rings. The zero-order valence-electron chi connectivity index (χ0n) is 8.59. The third kappa shape index (κ3) is 2.34. The topological polar surface area (TPSA) is 84.8 Å². The van der Waals surface area contributed by atoms with Gasteiger partial charge in [0.05, 0.1) is 5.56 Å². The summed E-state index contributed by atoms with van der Waals surface area (Å²) >= 11 is 3.23. The van der Waals surface area contributed by atoms with E-state index in [1.165, 1.54) is 6.33 Å². The lowest BCUT2D eigenvalue weighted by atomic mass is 10.2. The Bertz CT molecular complexity index is 594. The van der Waals surface area contributed by atoms with Crippen molar-refractivity contribution in [1.82, 2.24) is 9.97 Å². The fourth-order valence-electron chi connectivity index (χ4n) is 1.19. The number of ether oxygens (including phenoxy) is 1. The van der Waals surface area contributed by atoms with Crippen molar-refractivity contribution in [3.63, 3.8) is 0 Å². The largest absolute Gasteiger partial charge is 0.436 e. The normalized spacial score (nSPS) is 9.65. The third-order valence-corrected chi connectivity index (χ3v) is 2.74. The summed E-state index contributed by atoms with van der Waals surface area (Å²) in [6.07, 6.45) is 1.30. The zero-order valence-corrected chi connectivity index (χ0v) is 10.2. The van der Waals surface area contributed by atoms with Crippen molar-refractivity contribution >= 4 is 21.7 Å². The van der Waals surface area contributed by atoms with Crippen LogP contribution in [0.3, 0.4) is 0 Å². The van der Waals surface area contributed by atoms with Gasteiger partial charge in [-0.05, 0) is 28.1 Å². The SMILES string of the molecule is N#Cc1ccccc1Oc1ncnc(N)c1Br. The molecule has 6 heteroatoms. The number of hydrogen-bond donors (Lipinski definition) is 1. The first-order valence-corrected chi connectivity index (χ1v) is 5.44. The van der Waals surface area contributed by atoms with Gasteiger partial charge in [-0.1, -0.05) is 12.1 Å². The van der Waals surface area contributed by atoms with Gasteiger partial charge in [0, 0.05) is 0 Å². The van der Waals surface area contributed by atoms with E-state index in [-0.39, 0.29) is 11.7 Å². The molecule has 0 unspecified atom stereocenters. The van der Waals surface area contributed by atoms with Crippen LogP contribution in [0.1, 0.15) is 5.56 Å². The van der Waals surface area contributed by atoms with E-state index < -0.39 is 0 Å². The number of nitrogens with zero attached hydrogens (tertiary/aromatic N) is 3. The summed E-state index contributed by atoms with van der Waals surface area (Å²) in [4.78, 5) is 7.74. The number of rotatable bonds is 2. The van der Waals surface area contributed by atoms with Crippen molar-refractivity contribution in [1.29, 1.82) is 5.26 Å². The van der Waals surface area contributed by atoms with Gasteiger partial charge in [0.25, 0.3) is 0 Å². The maximum atomic E-state index is 8.92. The summed E-state index contributed by atoms with van der Waals surface area (Å²) in [6, 6.07) is 8.91. The maximum Gasteiger partial charge on any atom is 0.238 e. The highest BCUT2D eigenvalue weighted by atomic mass is 79.9. The molecule has 17 heavy (non-hydrogen) atoms. The second-order valence-corrected chi connectivity index (χ2v) is 3.88. The van der Waals surface area contributed by atoms with Gasteiger partial charge in [-0.25, -0.2) is 9.97 Å². The summed E-state index contributed by atoms with van der Waals surface area (Å²) in [6.45, 7) is 0. The van der Waals surface area contributed by atoms with Gasteiger partial charge in [0.1, 0.15) is 28.4 Å². The second-order valence-electron chi connectivity index (χ2n) is 3.09. The highest BCUT2D eigenvalue weighted by molar-refractivity contribution is 9.10. The zero-order chi connectivity index (χ0) is 12.3. The number of aromatic nitrogens is 2. The predicted molar refractivity (Wildman–Crippen MR) is 65.4 cm³/mol. The molecule has 1 aromatic carbocycles. The molecule has 0 aliphatic rings. The molecule has 0 saturated heterocycles. The molecule has 2 aromatic rings. The maximum absolute atomic E-state index is 8.92. The van der Waals surface area contributed by atoms with Crippen LogP contribution in [0.2, 0.25) is 0 Å². The summed E-state index contributed by atoms with van der Waals surface area (Å²) in [5, 5.41) is 8.92. The lowest BCUT2D eigenvalue weighted by molar-refractivity contribution is 0.457. The number of hydrogen-bond acceptors (Lipinski definition) is 5. The number of nitrogen functional groups attached to an aromatic ring is 1. The van der Waals surface area contributed by atoms with Crippen molar-refractivity contribution < 1.29 is 4.74 Å². The Morgan fingerprint density at radius 2 is 2.06 bits per heavy atom. The molecule has 0 aliphatic heterocycles. The van der Waals surface area contributed by atoms with Crippen molar-refractivity contribution in [3.8, 4) is 17.7 Å². The van der Waals surface area contributed by atoms with E-state index in [2.05, 4.69) is 25.9 Å². The predicted octanol–water partition coefficient (Wildman–Crippen LogP) is 2.49. The second kappa shape index (κ2) is 4.80. The van der Waals surface area contributed by atoms with Gasteiger partial charge < -0.3 is 10.5 Å². The van der Waals surface area contributed by atoms with Gasteiger partial charge in [-0.3, -0.25) is 0 Å². The third-order valence-electron chi connectivity index (χ3n) is 2.00. The minimum atomic E-state index is 0.278. The smallest absolute Gasteiger partial charge is 0.238 e. The van der Waals surface area contributed by atoms with Crippen molar-refractivity contribution in [2.24, 2.45) is 0 Å². The highest BCUT2D eigenvalue weighted by Gasteiger charge is 2.10. The van der Waals surface area contributed by atoms with Crippen LogP contribution in [0.15, 0.2) is 35.1 Å².